The molecule has 1 aromatic heterocycles. The topological polar surface area (TPSA) is 71.7 Å². The van der Waals surface area contributed by atoms with E-state index in [0.29, 0.717) is 11.5 Å². The van der Waals surface area contributed by atoms with Gasteiger partial charge in [-0.25, -0.2) is 0 Å². The summed E-state index contributed by atoms with van der Waals surface area (Å²) in [5.74, 6) is 0.647. The third-order valence-corrected chi connectivity index (χ3v) is 3.67. The van der Waals surface area contributed by atoms with E-state index in [4.69, 9.17) is 9.15 Å². The summed E-state index contributed by atoms with van der Waals surface area (Å²) < 4.78 is 10.7. The Morgan fingerprint density at radius 3 is 2.70 bits per heavy atom. The maximum atomic E-state index is 12.3. The van der Waals surface area contributed by atoms with Gasteiger partial charge >= 0.3 is 0 Å². The Balaban J connectivity index is 1.79. The maximum Gasteiger partial charge on any atom is 0.255 e. The van der Waals surface area contributed by atoms with E-state index in [-0.39, 0.29) is 23.3 Å². The van der Waals surface area contributed by atoms with E-state index >= 15 is 0 Å². The highest BCUT2D eigenvalue weighted by atomic mass is 16.5. The summed E-state index contributed by atoms with van der Waals surface area (Å²) >= 11 is 0. The quantitative estimate of drug-likeness (QED) is 0.771. The Morgan fingerprint density at radius 1 is 1.22 bits per heavy atom. The number of amides is 1. The Labute approximate surface area is 133 Å². The molecule has 0 aliphatic rings. The van der Waals surface area contributed by atoms with E-state index in [2.05, 4.69) is 5.32 Å². The summed E-state index contributed by atoms with van der Waals surface area (Å²) in [6.07, 6.45) is 0. The number of phenolic OH excluding ortho intramolecular Hbond substituents is 1. The molecule has 1 heterocycles. The lowest BCUT2D eigenvalue weighted by molar-refractivity contribution is 0.0933. The molecule has 0 aliphatic heterocycles. The molecule has 0 saturated heterocycles. The summed E-state index contributed by atoms with van der Waals surface area (Å²) in [7, 11) is 1.50. The largest absolute Gasteiger partial charge is 0.507 e. The van der Waals surface area contributed by atoms with Crippen molar-refractivity contribution < 1.29 is 19.1 Å². The molecule has 0 fully saturated rings. The van der Waals surface area contributed by atoms with E-state index in [1.165, 1.54) is 19.2 Å². The van der Waals surface area contributed by atoms with E-state index in [9.17, 15) is 9.90 Å². The molecular formula is C18H17NO4. The molecule has 3 rings (SSSR count). The predicted molar refractivity (Wildman–Crippen MR) is 86.8 cm³/mol. The molecule has 0 spiro atoms. The molecule has 1 atom stereocenters. The van der Waals surface area contributed by atoms with Gasteiger partial charge in [0.15, 0.2) is 0 Å². The van der Waals surface area contributed by atoms with Crippen molar-refractivity contribution in [2.24, 2.45) is 0 Å². The molecule has 0 aliphatic carbocycles. The number of ether oxygens (including phenoxy) is 1. The first-order valence-corrected chi connectivity index (χ1v) is 7.25. The number of fused-ring (bicyclic) bond motifs is 1. The number of hydrogen-bond acceptors (Lipinski definition) is 4. The number of carbonyl (C=O) groups is 1. The molecule has 1 amide bonds. The fourth-order valence-electron chi connectivity index (χ4n) is 2.39. The highest BCUT2D eigenvalue weighted by Crippen LogP contribution is 2.26. The number of benzene rings is 2. The van der Waals surface area contributed by atoms with Crippen LogP contribution in [-0.2, 0) is 0 Å². The van der Waals surface area contributed by atoms with Gasteiger partial charge in [0.25, 0.3) is 5.91 Å². The van der Waals surface area contributed by atoms with Gasteiger partial charge in [0.05, 0.1) is 18.7 Å². The lowest BCUT2D eigenvalue weighted by Crippen LogP contribution is -2.26. The average molecular weight is 311 g/mol. The maximum absolute atomic E-state index is 12.3. The third kappa shape index (κ3) is 2.99. The monoisotopic (exact) mass is 311 g/mol. The lowest BCUT2D eigenvalue weighted by atomic mass is 10.1. The Bertz CT molecular complexity index is 820. The second-order valence-electron chi connectivity index (χ2n) is 5.26. The molecule has 3 aromatic rings. The molecule has 0 radical (unpaired) electrons. The summed E-state index contributed by atoms with van der Waals surface area (Å²) in [5, 5.41) is 13.7. The first kappa shape index (κ1) is 15.0. The first-order valence-electron chi connectivity index (χ1n) is 7.25. The SMILES string of the molecule is COc1ccc(C(=O)N[C@@H](C)c2cc3ccccc3o2)c(O)c1. The summed E-state index contributed by atoms with van der Waals surface area (Å²) in [6, 6.07) is 13.8. The average Bonchev–Trinajstić information content (AvgIpc) is 2.98. The van der Waals surface area contributed by atoms with Gasteiger partial charge in [-0.3, -0.25) is 4.79 Å². The number of furan rings is 1. The first-order chi connectivity index (χ1) is 11.1. The molecule has 0 bridgehead atoms. The van der Waals surface area contributed by atoms with Crippen molar-refractivity contribution in [1.82, 2.24) is 5.32 Å². The van der Waals surface area contributed by atoms with Crippen LogP contribution in [0.3, 0.4) is 0 Å². The van der Waals surface area contributed by atoms with Gasteiger partial charge in [-0.15, -0.1) is 0 Å². The van der Waals surface area contributed by atoms with Gasteiger partial charge in [0, 0.05) is 11.5 Å². The number of rotatable bonds is 4. The van der Waals surface area contributed by atoms with Gasteiger partial charge in [0.1, 0.15) is 22.8 Å². The van der Waals surface area contributed by atoms with E-state index in [1.807, 2.05) is 37.3 Å². The minimum Gasteiger partial charge on any atom is -0.507 e. The molecule has 0 saturated carbocycles. The normalized spacial score (nSPS) is 12.1. The van der Waals surface area contributed by atoms with Crippen molar-refractivity contribution in [2.45, 2.75) is 13.0 Å². The van der Waals surface area contributed by atoms with E-state index < -0.39 is 0 Å². The number of para-hydroxylation sites is 1. The molecule has 118 valence electrons. The van der Waals surface area contributed by atoms with Crippen LogP contribution < -0.4 is 10.1 Å². The number of aromatic hydroxyl groups is 1. The Morgan fingerprint density at radius 2 is 2.00 bits per heavy atom. The van der Waals surface area contributed by atoms with Gasteiger partial charge < -0.3 is 19.6 Å². The summed E-state index contributed by atoms with van der Waals surface area (Å²) in [5.41, 5.74) is 0.963. The molecular weight excluding hydrogens is 294 g/mol. The smallest absolute Gasteiger partial charge is 0.255 e. The number of methoxy groups -OCH3 is 1. The van der Waals surface area contributed by atoms with E-state index in [0.717, 1.165) is 11.0 Å². The zero-order valence-electron chi connectivity index (χ0n) is 12.9. The predicted octanol–water partition coefficient (Wildman–Crippen LogP) is 3.64. The van der Waals surface area contributed by atoms with Crippen molar-refractivity contribution in [3.05, 3.63) is 59.9 Å². The minimum atomic E-state index is -0.377. The fourth-order valence-corrected chi connectivity index (χ4v) is 2.39. The standard InChI is InChI=1S/C18H17NO4/c1-11(17-9-12-5-3-4-6-16(12)23-17)19-18(21)14-8-7-13(22-2)10-15(14)20/h3-11,20H,1-2H3,(H,19,21)/t11-/m0/s1. The zero-order valence-corrected chi connectivity index (χ0v) is 12.9. The zero-order chi connectivity index (χ0) is 16.4. The van der Waals surface area contributed by atoms with Gasteiger partial charge in [-0.2, -0.15) is 0 Å². The Hall–Kier alpha value is -2.95. The van der Waals surface area contributed by atoms with Crippen LogP contribution in [0.15, 0.2) is 52.9 Å². The molecule has 5 nitrogen and oxygen atoms in total. The second kappa shape index (κ2) is 6.04. The van der Waals surface area contributed by atoms with Gasteiger partial charge in [-0.1, -0.05) is 18.2 Å². The van der Waals surface area contributed by atoms with Crippen LogP contribution in [0.2, 0.25) is 0 Å². The summed E-state index contributed by atoms with van der Waals surface area (Å²) in [4.78, 5) is 12.3. The molecule has 2 aromatic carbocycles. The minimum absolute atomic E-state index is 0.126. The summed E-state index contributed by atoms with van der Waals surface area (Å²) in [6.45, 7) is 1.83. The van der Waals surface area contributed by atoms with Gasteiger partial charge in [-0.05, 0) is 31.2 Å². The second-order valence-corrected chi connectivity index (χ2v) is 5.26. The third-order valence-electron chi connectivity index (χ3n) is 3.67. The highest BCUT2D eigenvalue weighted by molar-refractivity contribution is 5.97. The Kier molecular flexibility index (Phi) is 3.93. The van der Waals surface area contributed by atoms with Crippen LogP contribution >= 0.6 is 0 Å². The van der Waals surface area contributed by atoms with Crippen LogP contribution in [-0.4, -0.2) is 18.1 Å². The molecule has 5 heteroatoms. The van der Waals surface area contributed by atoms with Crippen LogP contribution in [0, 0.1) is 0 Å². The van der Waals surface area contributed by atoms with Crippen molar-refractivity contribution in [3.8, 4) is 11.5 Å². The highest BCUT2D eigenvalue weighted by Gasteiger charge is 2.17. The van der Waals surface area contributed by atoms with Crippen molar-refractivity contribution in [2.75, 3.05) is 7.11 Å². The molecule has 2 N–H and O–H groups in total. The van der Waals surface area contributed by atoms with Gasteiger partial charge in [0.2, 0.25) is 0 Å². The fraction of sp³-hybridized carbons (Fsp3) is 0.167. The number of hydrogen-bond donors (Lipinski definition) is 2. The number of carbonyl (C=O) groups excluding carboxylic acids is 1. The number of phenols is 1. The number of nitrogens with one attached hydrogen (secondary N) is 1. The van der Waals surface area contributed by atoms with Crippen LogP contribution in [0.5, 0.6) is 11.5 Å². The van der Waals surface area contributed by atoms with Crippen LogP contribution in [0.25, 0.3) is 11.0 Å². The van der Waals surface area contributed by atoms with Crippen LogP contribution in [0.1, 0.15) is 29.1 Å². The lowest BCUT2D eigenvalue weighted by Gasteiger charge is -2.12. The molecule has 23 heavy (non-hydrogen) atoms. The van der Waals surface area contributed by atoms with Crippen molar-refractivity contribution >= 4 is 16.9 Å². The van der Waals surface area contributed by atoms with Crippen molar-refractivity contribution in [3.63, 3.8) is 0 Å². The van der Waals surface area contributed by atoms with Crippen molar-refractivity contribution in [1.29, 1.82) is 0 Å². The van der Waals surface area contributed by atoms with E-state index in [1.54, 1.807) is 6.07 Å². The van der Waals surface area contributed by atoms with Crippen LogP contribution in [0.4, 0.5) is 0 Å². The molecule has 0 unspecified atom stereocenters.